The minimum absolute atomic E-state index is 0.0312. The van der Waals surface area contributed by atoms with E-state index in [1.807, 2.05) is 0 Å². The SMILES string of the molecule is CCNS(=O)(=O)c1ccccc1NC(=O)CN. The van der Waals surface area contributed by atoms with Gasteiger partial charge in [0, 0.05) is 6.54 Å². The summed E-state index contributed by atoms with van der Waals surface area (Å²) in [5.74, 6) is -0.441. The molecule has 1 amide bonds. The van der Waals surface area contributed by atoms with E-state index in [4.69, 9.17) is 5.73 Å². The monoisotopic (exact) mass is 257 g/mol. The first-order valence-corrected chi connectivity index (χ1v) is 6.58. The number of nitrogens with one attached hydrogen (secondary N) is 2. The van der Waals surface area contributed by atoms with Crippen molar-refractivity contribution in [3.05, 3.63) is 24.3 Å². The summed E-state index contributed by atoms with van der Waals surface area (Å²) in [7, 11) is -3.60. The molecule has 0 radical (unpaired) electrons. The van der Waals surface area contributed by atoms with E-state index in [0.29, 0.717) is 0 Å². The molecule has 1 rings (SSSR count). The zero-order valence-electron chi connectivity index (χ0n) is 9.43. The molecule has 7 heteroatoms. The van der Waals surface area contributed by atoms with Gasteiger partial charge in [-0.05, 0) is 12.1 Å². The number of amides is 1. The van der Waals surface area contributed by atoms with Gasteiger partial charge >= 0.3 is 0 Å². The fourth-order valence-electron chi connectivity index (χ4n) is 1.27. The lowest BCUT2D eigenvalue weighted by Gasteiger charge is -2.11. The molecule has 0 heterocycles. The summed E-state index contributed by atoms with van der Waals surface area (Å²) in [6, 6.07) is 6.15. The van der Waals surface area contributed by atoms with E-state index in [2.05, 4.69) is 10.0 Å². The molecule has 0 spiro atoms. The summed E-state index contributed by atoms with van der Waals surface area (Å²) in [6.45, 7) is 1.76. The third-order valence-electron chi connectivity index (χ3n) is 1.97. The third kappa shape index (κ3) is 3.52. The first kappa shape index (κ1) is 13.6. The van der Waals surface area contributed by atoms with Crippen LogP contribution >= 0.6 is 0 Å². The van der Waals surface area contributed by atoms with Crippen LogP contribution in [0.25, 0.3) is 0 Å². The number of rotatable bonds is 5. The molecule has 0 saturated carbocycles. The molecule has 0 aliphatic heterocycles. The van der Waals surface area contributed by atoms with E-state index >= 15 is 0 Å². The zero-order chi connectivity index (χ0) is 12.9. The number of hydrogen-bond acceptors (Lipinski definition) is 4. The van der Waals surface area contributed by atoms with Crippen LogP contribution < -0.4 is 15.8 Å². The highest BCUT2D eigenvalue weighted by atomic mass is 32.2. The molecule has 0 aliphatic rings. The highest BCUT2D eigenvalue weighted by Crippen LogP contribution is 2.20. The molecule has 0 saturated heterocycles. The Labute approximate surface area is 100 Å². The lowest BCUT2D eigenvalue weighted by Crippen LogP contribution is -2.27. The molecule has 0 aliphatic carbocycles. The Morgan fingerprint density at radius 2 is 2.00 bits per heavy atom. The van der Waals surface area contributed by atoms with Crippen molar-refractivity contribution in [1.82, 2.24) is 4.72 Å². The molecule has 1 aromatic carbocycles. The van der Waals surface area contributed by atoms with Crippen molar-refractivity contribution in [1.29, 1.82) is 0 Å². The smallest absolute Gasteiger partial charge is 0.242 e. The third-order valence-corrected chi connectivity index (χ3v) is 3.57. The van der Waals surface area contributed by atoms with Gasteiger partial charge < -0.3 is 11.1 Å². The highest BCUT2D eigenvalue weighted by molar-refractivity contribution is 7.89. The van der Waals surface area contributed by atoms with E-state index in [0.717, 1.165) is 0 Å². The predicted molar refractivity (Wildman–Crippen MR) is 65.0 cm³/mol. The van der Waals surface area contributed by atoms with Crippen LogP contribution in [0.4, 0.5) is 5.69 Å². The quantitative estimate of drug-likeness (QED) is 0.684. The van der Waals surface area contributed by atoms with E-state index in [-0.39, 0.29) is 23.7 Å². The summed E-state index contributed by atoms with van der Waals surface area (Å²) in [5.41, 5.74) is 5.39. The minimum Gasteiger partial charge on any atom is -0.324 e. The van der Waals surface area contributed by atoms with Gasteiger partial charge in [0.1, 0.15) is 4.90 Å². The number of carbonyl (C=O) groups is 1. The average Bonchev–Trinajstić information content (AvgIpc) is 2.29. The van der Waals surface area contributed by atoms with Crippen LogP contribution in [-0.2, 0) is 14.8 Å². The van der Waals surface area contributed by atoms with Gasteiger partial charge in [0.05, 0.1) is 12.2 Å². The molecular formula is C10H15N3O3S. The van der Waals surface area contributed by atoms with E-state index in [9.17, 15) is 13.2 Å². The normalized spacial score (nSPS) is 11.2. The van der Waals surface area contributed by atoms with Crippen LogP contribution in [0.1, 0.15) is 6.92 Å². The molecule has 0 bridgehead atoms. The van der Waals surface area contributed by atoms with Gasteiger partial charge in [0.15, 0.2) is 0 Å². The first-order valence-electron chi connectivity index (χ1n) is 5.10. The Bertz CT molecular complexity index is 499. The summed E-state index contributed by atoms with van der Waals surface area (Å²) < 4.78 is 26.0. The number of sulfonamides is 1. The molecule has 0 unspecified atom stereocenters. The summed E-state index contributed by atoms with van der Waals surface area (Å²) in [6.07, 6.45) is 0. The number of anilines is 1. The maximum Gasteiger partial charge on any atom is 0.242 e. The number of hydrogen-bond donors (Lipinski definition) is 3. The molecular weight excluding hydrogens is 242 g/mol. The average molecular weight is 257 g/mol. The lowest BCUT2D eigenvalue weighted by atomic mass is 10.3. The maximum atomic E-state index is 11.8. The molecule has 4 N–H and O–H groups in total. The molecule has 6 nitrogen and oxygen atoms in total. The van der Waals surface area contributed by atoms with E-state index < -0.39 is 15.9 Å². The van der Waals surface area contributed by atoms with Crippen LogP contribution in [-0.4, -0.2) is 27.4 Å². The van der Waals surface area contributed by atoms with Gasteiger partial charge in [0.2, 0.25) is 15.9 Å². The van der Waals surface area contributed by atoms with Gasteiger partial charge in [-0.3, -0.25) is 4.79 Å². The summed E-state index contributed by atoms with van der Waals surface area (Å²) >= 11 is 0. The molecule has 0 fully saturated rings. The van der Waals surface area contributed by atoms with Crippen molar-refractivity contribution in [3.63, 3.8) is 0 Å². The number of carbonyl (C=O) groups excluding carboxylic acids is 1. The van der Waals surface area contributed by atoms with Gasteiger partial charge in [-0.15, -0.1) is 0 Å². The largest absolute Gasteiger partial charge is 0.324 e. The maximum absolute atomic E-state index is 11.8. The predicted octanol–water partition coefficient (Wildman–Crippen LogP) is -0.118. The molecule has 1 aromatic rings. The molecule has 94 valence electrons. The van der Waals surface area contributed by atoms with Crippen LogP contribution in [0.3, 0.4) is 0 Å². The van der Waals surface area contributed by atoms with Crippen LogP contribution in [0.5, 0.6) is 0 Å². The van der Waals surface area contributed by atoms with Crippen LogP contribution in [0.2, 0.25) is 0 Å². The Morgan fingerprint density at radius 3 is 2.59 bits per heavy atom. The number of benzene rings is 1. The lowest BCUT2D eigenvalue weighted by molar-refractivity contribution is -0.114. The van der Waals surface area contributed by atoms with Crippen molar-refractivity contribution < 1.29 is 13.2 Å². The van der Waals surface area contributed by atoms with E-state index in [1.54, 1.807) is 19.1 Å². The van der Waals surface area contributed by atoms with Gasteiger partial charge in [-0.1, -0.05) is 19.1 Å². The van der Waals surface area contributed by atoms with Gasteiger partial charge in [-0.2, -0.15) is 0 Å². The second-order valence-corrected chi connectivity index (χ2v) is 4.99. The standard InChI is InChI=1S/C10H15N3O3S/c1-2-12-17(15,16)9-6-4-3-5-8(9)13-10(14)7-11/h3-6,12H,2,7,11H2,1H3,(H,13,14). The fourth-order valence-corrected chi connectivity index (χ4v) is 2.48. The number of nitrogens with two attached hydrogens (primary N) is 1. The molecule has 17 heavy (non-hydrogen) atoms. The zero-order valence-corrected chi connectivity index (χ0v) is 10.3. The Kier molecular flexibility index (Phi) is 4.62. The van der Waals surface area contributed by atoms with Gasteiger partial charge in [0.25, 0.3) is 0 Å². The van der Waals surface area contributed by atoms with Crippen molar-refractivity contribution in [2.24, 2.45) is 5.73 Å². The van der Waals surface area contributed by atoms with Crippen molar-refractivity contribution in [3.8, 4) is 0 Å². The molecule has 0 aromatic heterocycles. The topological polar surface area (TPSA) is 101 Å². The highest BCUT2D eigenvalue weighted by Gasteiger charge is 2.17. The Hall–Kier alpha value is -1.44. The van der Waals surface area contributed by atoms with Crippen LogP contribution in [0, 0.1) is 0 Å². The van der Waals surface area contributed by atoms with Crippen molar-refractivity contribution in [2.45, 2.75) is 11.8 Å². The van der Waals surface area contributed by atoms with Crippen molar-refractivity contribution in [2.75, 3.05) is 18.4 Å². The van der Waals surface area contributed by atoms with Gasteiger partial charge in [-0.25, -0.2) is 13.1 Å². The first-order chi connectivity index (χ1) is 8.01. The summed E-state index contributed by atoms with van der Waals surface area (Å²) in [5, 5.41) is 2.44. The molecule has 0 atom stereocenters. The second-order valence-electron chi connectivity index (χ2n) is 3.25. The minimum atomic E-state index is -3.60. The second kappa shape index (κ2) is 5.76. The Balaban J connectivity index is 3.12. The Morgan fingerprint density at radius 1 is 1.35 bits per heavy atom. The van der Waals surface area contributed by atoms with Crippen molar-refractivity contribution >= 4 is 21.6 Å². The van der Waals surface area contributed by atoms with Crippen LogP contribution in [0.15, 0.2) is 29.2 Å². The van der Waals surface area contributed by atoms with E-state index in [1.165, 1.54) is 12.1 Å². The number of para-hydroxylation sites is 1. The summed E-state index contributed by atoms with van der Waals surface area (Å²) in [4.78, 5) is 11.2. The fraction of sp³-hybridized carbons (Fsp3) is 0.300.